The van der Waals surface area contributed by atoms with Gasteiger partial charge in [-0.3, -0.25) is 4.79 Å². The Labute approximate surface area is 243 Å². The number of carbonyl (C=O) groups is 2. The maximum Gasteiger partial charge on any atom is 0.326 e. The Hall–Kier alpha value is -5.11. The summed E-state index contributed by atoms with van der Waals surface area (Å²) in [5.74, 6) is -1.17. The summed E-state index contributed by atoms with van der Waals surface area (Å²) >= 11 is 0. The van der Waals surface area contributed by atoms with Crippen molar-refractivity contribution in [1.82, 2.24) is 15.5 Å². The minimum atomic E-state index is -1.12. The monoisotopic (exact) mass is 563 g/mol. The first-order valence-electron chi connectivity index (χ1n) is 13.5. The number of halogens is 1. The number of carboxylic acids is 1. The highest BCUT2D eigenvalue weighted by Gasteiger charge is 2.22. The van der Waals surface area contributed by atoms with E-state index < -0.39 is 17.9 Å². The molecule has 42 heavy (non-hydrogen) atoms. The fourth-order valence-electron chi connectivity index (χ4n) is 4.53. The quantitative estimate of drug-likeness (QED) is 0.212. The van der Waals surface area contributed by atoms with Crippen LogP contribution in [0.15, 0.2) is 102 Å². The molecule has 0 radical (unpaired) electrons. The molecule has 1 atom stereocenters. The van der Waals surface area contributed by atoms with Crippen LogP contribution in [0, 0.1) is 5.82 Å². The predicted molar refractivity (Wildman–Crippen MR) is 158 cm³/mol. The molecule has 0 saturated carbocycles. The molecule has 1 heterocycles. The number of hydrogen-bond donors (Lipinski definition) is 2. The van der Waals surface area contributed by atoms with Crippen LogP contribution in [-0.2, 0) is 16.6 Å². The van der Waals surface area contributed by atoms with Crippen molar-refractivity contribution in [2.75, 3.05) is 0 Å². The molecular formula is C34H30FN3O4. The Balaban J connectivity index is 1.24. The molecule has 5 aromatic rings. The zero-order valence-corrected chi connectivity index (χ0v) is 23.5. The zero-order valence-electron chi connectivity index (χ0n) is 23.5. The lowest BCUT2D eigenvalue weighted by Gasteiger charge is -2.19. The smallest absolute Gasteiger partial charge is 0.326 e. The third-order valence-corrected chi connectivity index (χ3v) is 7.01. The number of nitrogens with one attached hydrogen (secondary N) is 1. The van der Waals surface area contributed by atoms with Crippen LogP contribution in [0.5, 0.6) is 0 Å². The van der Waals surface area contributed by atoms with Crippen LogP contribution in [0.3, 0.4) is 0 Å². The SMILES string of the molecule is CC(C)(C)c1ccc(C(=O)N[C@@H](Cc2ccc(-c3noc(-c4ccc(-c5ccccc5F)cc4)n3)cc2)C(=O)O)cc1. The average Bonchev–Trinajstić information content (AvgIpc) is 3.47. The summed E-state index contributed by atoms with van der Waals surface area (Å²) in [6.07, 6.45) is 0.104. The lowest BCUT2D eigenvalue weighted by atomic mass is 9.86. The van der Waals surface area contributed by atoms with Crippen molar-refractivity contribution < 1.29 is 23.6 Å². The molecule has 1 aromatic heterocycles. The molecule has 0 aliphatic rings. The van der Waals surface area contributed by atoms with Gasteiger partial charge < -0.3 is 14.9 Å². The molecular weight excluding hydrogens is 533 g/mol. The van der Waals surface area contributed by atoms with Gasteiger partial charge in [0.2, 0.25) is 5.82 Å². The number of benzene rings is 4. The van der Waals surface area contributed by atoms with Crippen molar-refractivity contribution in [3.63, 3.8) is 0 Å². The number of aromatic nitrogens is 2. The fraction of sp³-hybridized carbons (Fsp3) is 0.176. The standard InChI is InChI=1S/C34H30FN3O4/c1-34(2,3)26-18-16-24(17-19-26)31(39)36-29(33(40)41)20-21-8-10-23(11-9-21)30-37-32(42-38-30)25-14-12-22(13-15-25)27-6-4-5-7-28(27)35/h4-19,29H,20H2,1-3H3,(H,36,39)(H,40,41)/t29-/m0/s1. The Bertz CT molecular complexity index is 1700. The third-order valence-electron chi connectivity index (χ3n) is 7.01. The van der Waals surface area contributed by atoms with E-state index in [2.05, 4.69) is 36.2 Å². The summed E-state index contributed by atoms with van der Waals surface area (Å²) in [7, 11) is 0. The molecule has 8 heteroatoms. The second-order valence-corrected chi connectivity index (χ2v) is 11.1. The molecule has 0 bridgehead atoms. The van der Waals surface area contributed by atoms with Crippen molar-refractivity contribution in [3.8, 4) is 34.0 Å². The number of hydrogen-bond acceptors (Lipinski definition) is 5. The van der Waals surface area contributed by atoms with Crippen LogP contribution in [-0.4, -0.2) is 33.2 Å². The van der Waals surface area contributed by atoms with E-state index in [1.165, 1.54) is 6.07 Å². The number of amides is 1. The number of rotatable bonds is 8. The molecule has 0 spiro atoms. The van der Waals surface area contributed by atoms with Gasteiger partial charge in [0.1, 0.15) is 11.9 Å². The average molecular weight is 564 g/mol. The van der Waals surface area contributed by atoms with Gasteiger partial charge in [-0.1, -0.05) is 92.7 Å². The molecule has 4 aromatic carbocycles. The maximum atomic E-state index is 14.1. The summed E-state index contributed by atoms with van der Waals surface area (Å²) in [6.45, 7) is 6.25. The van der Waals surface area contributed by atoms with Gasteiger partial charge in [-0.15, -0.1) is 0 Å². The predicted octanol–water partition coefficient (Wildman–Crippen LogP) is 6.93. The molecule has 7 nitrogen and oxygen atoms in total. The van der Waals surface area contributed by atoms with Crippen LogP contribution >= 0.6 is 0 Å². The van der Waals surface area contributed by atoms with Crippen molar-refractivity contribution in [3.05, 3.63) is 120 Å². The first kappa shape index (κ1) is 28.4. The van der Waals surface area contributed by atoms with Gasteiger partial charge in [0, 0.05) is 28.7 Å². The summed E-state index contributed by atoms with van der Waals surface area (Å²) in [5.41, 5.74) is 4.78. The maximum absolute atomic E-state index is 14.1. The highest BCUT2D eigenvalue weighted by Crippen LogP contribution is 2.27. The lowest BCUT2D eigenvalue weighted by Crippen LogP contribution is -2.42. The summed E-state index contributed by atoms with van der Waals surface area (Å²) in [6, 6.07) is 26.9. The first-order chi connectivity index (χ1) is 20.1. The van der Waals surface area contributed by atoms with Crippen LogP contribution in [0.2, 0.25) is 0 Å². The van der Waals surface area contributed by atoms with Crippen molar-refractivity contribution in [1.29, 1.82) is 0 Å². The molecule has 0 fully saturated rings. The van der Waals surface area contributed by atoms with E-state index in [0.29, 0.717) is 34.0 Å². The molecule has 0 aliphatic heterocycles. The minimum absolute atomic E-state index is 0.0518. The van der Waals surface area contributed by atoms with E-state index in [0.717, 1.165) is 16.7 Å². The Morgan fingerprint density at radius 1 is 0.857 bits per heavy atom. The molecule has 212 valence electrons. The van der Waals surface area contributed by atoms with Crippen molar-refractivity contribution in [2.24, 2.45) is 0 Å². The second kappa shape index (κ2) is 11.8. The van der Waals surface area contributed by atoms with Crippen molar-refractivity contribution >= 4 is 11.9 Å². The summed E-state index contributed by atoms with van der Waals surface area (Å²) in [5, 5.41) is 16.5. The molecule has 1 amide bonds. The van der Waals surface area contributed by atoms with Crippen LogP contribution < -0.4 is 5.32 Å². The van der Waals surface area contributed by atoms with Gasteiger partial charge in [-0.25, -0.2) is 9.18 Å². The number of carbonyl (C=O) groups excluding carboxylic acids is 1. The van der Waals surface area contributed by atoms with E-state index in [4.69, 9.17) is 4.52 Å². The minimum Gasteiger partial charge on any atom is -0.480 e. The normalized spacial score (nSPS) is 12.1. The van der Waals surface area contributed by atoms with E-state index in [9.17, 15) is 19.1 Å². The molecule has 5 rings (SSSR count). The largest absolute Gasteiger partial charge is 0.480 e. The summed E-state index contributed by atoms with van der Waals surface area (Å²) < 4.78 is 19.6. The van der Waals surface area contributed by atoms with E-state index in [1.54, 1.807) is 78.9 Å². The van der Waals surface area contributed by atoms with Gasteiger partial charge in [0.05, 0.1) is 0 Å². The summed E-state index contributed by atoms with van der Waals surface area (Å²) in [4.78, 5) is 29.2. The van der Waals surface area contributed by atoms with Gasteiger partial charge in [0.15, 0.2) is 0 Å². The second-order valence-electron chi connectivity index (χ2n) is 11.1. The number of nitrogens with zero attached hydrogens (tertiary/aromatic N) is 2. The van der Waals surface area contributed by atoms with Crippen molar-refractivity contribution in [2.45, 2.75) is 38.6 Å². The molecule has 0 unspecified atom stereocenters. The fourth-order valence-corrected chi connectivity index (χ4v) is 4.53. The number of carboxylic acid groups (broad SMARTS) is 1. The lowest BCUT2D eigenvalue weighted by molar-refractivity contribution is -0.139. The van der Waals surface area contributed by atoms with E-state index in [1.807, 2.05) is 12.1 Å². The zero-order chi connectivity index (χ0) is 29.9. The topological polar surface area (TPSA) is 105 Å². The highest BCUT2D eigenvalue weighted by molar-refractivity contribution is 5.96. The van der Waals surface area contributed by atoms with Gasteiger partial charge in [-0.2, -0.15) is 4.98 Å². The van der Waals surface area contributed by atoms with Crippen LogP contribution in [0.4, 0.5) is 4.39 Å². The highest BCUT2D eigenvalue weighted by atomic mass is 19.1. The molecule has 0 saturated heterocycles. The van der Waals surface area contributed by atoms with Gasteiger partial charge in [0.25, 0.3) is 11.8 Å². The van der Waals surface area contributed by atoms with Gasteiger partial charge >= 0.3 is 5.97 Å². The van der Waals surface area contributed by atoms with Crippen LogP contribution in [0.25, 0.3) is 34.0 Å². The Morgan fingerprint density at radius 3 is 2.10 bits per heavy atom. The van der Waals surface area contributed by atoms with Crippen LogP contribution in [0.1, 0.15) is 42.3 Å². The molecule has 0 aliphatic carbocycles. The first-order valence-corrected chi connectivity index (χ1v) is 13.5. The van der Waals surface area contributed by atoms with Gasteiger partial charge in [-0.05, 0) is 52.4 Å². The number of aliphatic carboxylic acids is 1. The Kier molecular flexibility index (Phi) is 7.97. The molecule has 2 N–H and O–H groups in total. The third kappa shape index (κ3) is 6.44. The van der Waals surface area contributed by atoms with E-state index >= 15 is 0 Å². The van der Waals surface area contributed by atoms with E-state index in [-0.39, 0.29) is 17.7 Å². The Morgan fingerprint density at radius 2 is 1.48 bits per heavy atom.